The van der Waals surface area contributed by atoms with Crippen molar-refractivity contribution in [3.8, 4) is 5.75 Å². The number of benzene rings is 2. The minimum Gasteiger partial charge on any atom is -0.406 e. The standard InChI is InChI=1S/C28H35F3N4O2/c29-28(30,31)37-22-9-4-6-19(16-22)23(12-15-34-14-5-13-32)25-18-35(21-7-2-1-3-8-21)26-11-10-20(27(33)36)17-24(25)26/h4,6,9-11,16-18,21,23,34H,1-3,5,7-8,12-15,32H2,(H2,33,36). The van der Waals surface area contributed by atoms with Crippen molar-refractivity contribution in [2.75, 3.05) is 19.6 Å². The number of hydrogen-bond acceptors (Lipinski definition) is 4. The number of nitrogens with zero attached hydrogens (tertiary/aromatic N) is 1. The largest absolute Gasteiger partial charge is 0.573 e. The van der Waals surface area contributed by atoms with Crippen LogP contribution in [0.4, 0.5) is 13.2 Å². The first kappa shape index (κ1) is 27.0. The van der Waals surface area contributed by atoms with E-state index in [1.54, 1.807) is 12.1 Å². The Morgan fingerprint density at radius 2 is 1.89 bits per heavy atom. The van der Waals surface area contributed by atoms with Gasteiger partial charge in [-0.25, -0.2) is 0 Å². The number of halogens is 3. The molecule has 1 unspecified atom stereocenters. The zero-order valence-corrected chi connectivity index (χ0v) is 20.9. The Kier molecular flexibility index (Phi) is 8.76. The lowest BCUT2D eigenvalue weighted by Gasteiger charge is -2.24. The van der Waals surface area contributed by atoms with Crippen molar-refractivity contribution in [2.45, 2.75) is 63.3 Å². The summed E-state index contributed by atoms with van der Waals surface area (Å²) >= 11 is 0. The second kappa shape index (κ2) is 12.0. The first-order chi connectivity index (χ1) is 17.8. The molecule has 200 valence electrons. The molecule has 1 atom stereocenters. The predicted octanol–water partition coefficient (Wildman–Crippen LogP) is 5.60. The zero-order valence-electron chi connectivity index (χ0n) is 20.9. The number of nitrogens with one attached hydrogen (secondary N) is 1. The number of ether oxygens (including phenoxy) is 1. The molecule has 0 aliphatic heterocycles. The summed E-state index contributed by atoms with van der Waals surface area (Å²) in [5.74, 6) is -0.989. The summed E-state index contributed by atoms with van der Waals surface area (Å²) in [5.41, 5.74) is 14.3. The molecule has 1 heterocycles. The first-order valence-corrected chi connectivity index (χ1v) is 13.0. The maximum Gasteiger partial charge on any atom is 0.573 e. The molecule has 5 N–H and O–H groups in total. The van der Waals surface area contributed by atoms with Crippen LogP contribution in [-0.2, 0) is 0 Å². The third-order valence-electron chi connectivity index (χ3n) is 7.15. The lowest BCUT2D eigenvalue weighted by molar-refractivity contribution is -0.274. The topological polar surface area (TPSA) is 95.3 Å². The van der Waals surface area contributed by atoms with Gasteiger partial charge in [0.2, 0.25) is 5.91 Å². The zero-order chi connectivity index (χ0) is 26.4. The van der Waals surface area contributed by atoms with Crippen LogP contribution in [0.15, 0.2) is 48.7 Å². The fourth-order valence-corrected chi connectivity index (χ4v) is 5.40. The van der Waals surface area contributed by atoms with Crippen LogP contribution < -0.4 is 21.5 Å². The highest BCUT2D eigenvalue weighted by atomic mass is 19.4. The second-order valence-corrected chi connectivity index (χ2v) is 9.73. The van der Waals surface area contributed by atoms with Crippen molar-refractivity contribution in [3.63, 3.8) is 0 Å². The van der Waals surface area contributed by atoms with E-state index in [1.165, 1.54) is 18.6 Å². The predicted molar refractivity (Wildman–Crippen MR) is 139 cm³/mol. The van der Waals surface area contributed by atoms with Crippen LogP contribution in [0, 0.1) is 0 Å². The summed E-state index contributed by atoms with van der Waals surface area (Å²) in [6.45, 7) is 1.99. The molecular weight excluding hydrogens is 481 g/mol. The van der Waals surface area contributed by atoms with Crippen molar-refractivity contribution < 1.29 is 22.7 Å². The van der Waals surface area contributed by atoms with Gasteiger partial charge in [0.1, 0.15) is 5.75 Å². The van der Waals surface area contributed by atoms with Crippen LogP contribution in [0.3, 0.4) is 0 Å². The number of carbonyl (C=O) groups is 1. The summed E-state index contributed by atoms with van der Waals surface area (Å²) in [5, 5.41) is 4.28. The Morgan fingerprint density at radius 1 is 1.11 bits per heavy atom. The molecule has 1 saturated carbocycles. The van der Waals surface area contributed by atoms with E-state index >= 15 is 0 Å². The molecule has 1 fully saturated rings. The molecule has 1 aliphatic carbocycles. The lowest BCUT2D eigenvalue weighted by Crippen LogP contribution is -2.21. The van der Waals surface area contributed by atoms with E-state index in [9.17, 15) is 18.0 Å². The van der Waals surface area contributed by atoms with Gasteiger partial charge in [0.25, 0.3) is 0 Å². The first-order valence-electron chi connectivity index (χ1n) is 13.0. The van der Waals surface area contributed by atoms with E-state index in [-0.39, 0.29) is 11.7 Å². The van der Waals surface area contributed by atoms with Crippen molar-refractivity contribution in [3.05, 3.63) is 65.4 Å². The Labute approximate surface area is 215 Å². The number of nitrogens with two attached hydrogens (primary N) is 2. The number of amides is 1. The molecule has 1 aliphatic rings. The molecule has 0 radical (unpaired) electrons. The van der Waals surface area contributed by atoms with Crippen molar-refractivity contribution >= 4 is 16.8 Å². The Morgan fingerprint density at radius 3 is 2.59 bits per heavy atom. The maximum atomic E-state index is 13.0. The molecule has 1 aromatic heterocycles. The van der Waals surface area contributed by atoms with Crippen LogP contribution >= 0.6 is 0 Å². The summed E-state index contributed by atoms with van der Waals surface area (Å²) in [6, 6.07) is 12.0. The van der Waals surface area contributed by atoms with Crippen LogP contribution in [-0.4, -0.2) is 36.5 Å². The molecule has 2 aromatic carbocycles. The van der Waals surface area contributed by atoms with Gasteiger partial charge < -0.3 is 26.1 Å². The molecule has 6 nitrogen and oxygen atoms in total. The molecule has 1 amide bonds. The number of hydrogen-bond donors (Lipinski definition) is 3. The molecule has 3 aromatic rings. The average molecular weight is 517 g/mol. The lowest BCUT2D eigenvalue weighted by atomic mass is 9.87. The minimum atomic E-state index is -4.77. The number of fused-ring (bicyclic) bond motifs is 1. The maximum absolute atomic E-state index is 13.0. The van der Waals surface area contributed by atoms with Crippen molar-refractivity contribution in [2.24, 2.45) is 11.5 Å². The summed E-state index contributed by atoms with van der Waals surface area (Å²) < 4.78 is 45.4. The van der Waals surface area contributed by atoms with Gasteiger partial charge in [-0.1, -0.05) is 31.4 Å². The average Bonchev–Trinajstić information content (AvgIpc) is 3.24. The van der Waals surface area contributed by atoms with Crippen molar-refractivity contribution in [1.82, 2.24) is 9.88 Å². The molecular formula is C28H35F3N4O2. The van der Waals surface area contributed by atoms with Crippen LogP contribution in [0.1, 0.15) is 78.4 Å². The van der Waals surface area contributed by atoms with Gasteiger partial charge in [0.05, 0.1) is 0 Å². The van der Waals surface area contributed by atoms with Gasteiger partial charge in [0, 0.05) is 34.6 Å². The highest BCUT2D eigenvalue weighted by molar-refractivity contribution is 5.98. The van der Waals surface area contributed by atoms with Gasteiger partial charge in [-0.15, -0.1) is 13.2 Å². The highest BCUT2D eigenvalue weighted by Gasteiger charge is 2.31. The van der Waals surface area contributed by atoms with E-state index in [0.29, 0.717) is 31.1 Å². The van der Waals surface area contributed by atoms with Crippen LogP contribution in [0.5, 0.6) is 5.75 Å². The van der Waals surface area contributed by atoms with Gasteiger partial charge in [-0.05, 0) is 86.8 Å². The summed E-state index contributed by atoms with van der Waals surface area (Å²) in [7, 11) is 0. The third kappa shape index (κ3) is 6.84. The molecule has 9 heteroatoms. The van der Waals surface area contributed by atoms with Gasteiger partial charge in [-0.3, -0.25) is 4.79 Å². The van der Waals surface area contributed by atoms with Gasteiger partial charge in [0.15, 0.2) is 0 Å². The van der Waals surface area contributed by atoms with E-state index in [1.807, 2.05) is 18.2 Å². The van der Waals surface area contributed by atoms with E-state index < -0.39 is 12.3 Å². The Bertz CT molecular complexity index is 1200. The number of rotatable bonds is 11. The SMILES string of the molecule is NCCCNCCC(c1cccc(OC(F)(F)F)c1)c1cn(C2CCCCC2)c2ccc(C(N)=O)cc12. The monoisotopic (exact) mass is 516 g/mol. The Balaban J connectivity index is 1.79. The van der Waals surface area contributed by atoms with Gasteiger partial charge in [-0.2, -0.15) is 0 Å². The Hall–Kier alpha value is -3.04. The molecule has 37 heavy (non-hydrogen) atoms. The molecule has 0 spiro atoms. The fourth-order valence-electron chi connectivity index (χ4n) is 5.40. The number of alkyl halides is 3. The van der Waals surface area contributed by atoms with E-state index in [0.717, 1.165) is 60.7 Å². The van der Waals surface area contributed by atoms with Crippen molar-refractivity contribution in [1.29, 1.82) is 0 Å². The quantitative estimate of drug-likeness (QED) is 0.289. The molecule has 0 bridgehead atoms. The van der Waals surface area contributed by atoms with Crippen LogP contribution in [0.25, 0.3) is 10.9 Å². The van der Waals surface area contributed by atoms with Gasteiger partial charge >= 0.3 is 6.36 Å². The van der Waals surface area contributed by atoms with E-state index in [4.69, 9.17) is 11.5 Å². The second-order valence-electron chi connectivity index (χ2n) is 9.73. The number of aromatic nitrogens is 1. The van der Waals surface area contributed by atoms with E-state index in [2.05, 4.69) is 20.8 Å². The summed E-state index contributed by atoms with van der Waals surface area (Å²) in [4.78, 5) is 12.0. The molecule has 4 rings (SSSR count). The molecule has 0 saturated heterocycles. The smallest absolute Gasteiger partial charge is 0.406 e. The highest BCUT2D eigenvalue weighted by Crippen LogP contribution is 2.40. The third-order valence-corrected chi connectivity index (χ3v) is 7.15. The number of primary amides is 1. The normalized spacial score (nSPS) is 15.7. The fraction of sp³-hybridized carbons (Fsp3) is 0.464. The van der Waals surface area contributed by atoms with Crippen LogP contribution in [0.2, 0.25) is 0 Å². The number of carbonyl (C=O) groups excluding carboxylic acids is 1. The minimum absolute atomic E-state index is 0.224. The summed E-state index contributed by atoms with van der Waals surface area (Å²) in [6.07, 6.45) is 4.51.